The molecule has 0 aliphatic heterocycles. The molecule has 0 saturated heterocycles. The molecule has 1 rings (SSSR count). The summed E-state index contributed by atoms with van der Waals surface area (Å²) >= 11 is 0. The van der Waals surface area contributed by atoms with Crippen LogP contribution in [0.4, 0.5) is 0 Å². The number of rotatable bonds is 6. The molecule has 1 aromatic carbocycles. The highest BCUT2D eigenvalue weighted by Crippen LogP contribution is 2.16. The summed E-state index contributed by atoms with van der Waals surface area (Å²) in [6.45, 7) is 1.44. The highest BCUT2D eigenvalue weighted by Gasteiger charge is 2.08. The highest BCUT2D eigenvalue weighted by molar-refractivity contribution is 5.31. The fourth-order valence-corrected chi connectivity index (χ4v) is 1.10. The summed E-state index contributed by atoms with van der Waals surface area (Å²) in [6.07, 6.45) is -1.02. The molecule has 0 amide bonds. The van der Waals surface area contributed by atoms with Gasteiger partial charge < -0.3 is 14.7 Å². The van der Waals surface area contributed by atoms with Crippen molar-refractivity contribution >= 4 is 0 Å². The van der Waals surface area contributed by atoms with E-state index < -0.39 is 11.2 Å². The second-order valence-corrected chi connectivity index (χ2v) is 3.25. The molecule has 0 saturated carbocycles. The molecule has 16 heavy (non-hydrogen) atoms. The summed E-state index contributed by atoms with van der Waals surface area (Å²) in [5.41, 5.74) is 0.935. The number of benzene rings is 1. The van der Waals surface area contributed by atoms with E-state index in [1.165, 1.54) is 0 Å². The minimum absolute atomic E-state index is 0.0430. The van der Waals surface area contributed by atoms with E-state index in [2.05, 4.69) is 4.84 Å². The van der Waals surface area contributed by atoms with Crippen LogP contribution in [0.1, 0.15) is 5.56 Å². The van der Waals surface area contributed by atoms with Crippen molar-refractivity contribution in [3.63, 3.8) is 0 Å². The van der Waals surface area contributed by atoms with Crippen molar-refractivity contribution in [2.75, 3.05) is 13.2 Å². The molecule has 0 aromatic heterocycles. The lowest BCUT2D eigenvalue weighted by atomic mass is 10.2. The Bertz CT molecular complexity index is 355. The number of ether oxygens (including phenoxy) is 1. The summed E-state index contributed by atoms with van der Waals surface area (Å²) in [6, 6.07) is 7.31. The van der Waals surface area contributed by atoms with Crippen LogP contribution in [-0.4, -0.2) is 29.5 Å². The third-order valence-corrected chi connectivity index (χ3v) is 1.90. The second kappa shape index (κ2) is 5.92. The first-order valence-corrected chi connectivity index (χ1v) is 4.73. The maximum atomic E-state index is 9.86. The summed E-state index contributed by atoms with van der Waals surface area (Å²) in [4.78, 5) is 13.9. The van der Waals surface area contributed by atoms with Crippen molar-refractivity contribution in [2.24, 2.45) is 0 Å². The van der Waals surface area contributed by atoms with Crippen LogP contribution in [0.5, 0.6) is 5.75 Å². The topological polar surface area (TPSA) is 81.8 Å². The number of aliphatic hydroxyl groups excluding tert-OH is 1. The van der Waals surface area contributed by atoms with Gasteiger partial charge in [0.1, 0.15) is 25.1 Å². The van der Waals surface area contributed by atoms with Gasteiger partial charge in [0, 0.05) is 0 Å². The van der Waals surface area contributed by atoms with Crippen molar-refractivity contribution in [3.05, 3.63) is 39.9 Å². The largest absolute Gasteiger partial charge is 0.491 e. The predicted molar refractivity (Wildman–Crippen MR) is 55.6 cm³/mol. The first-order valence-electron chi connectivity index (χ1n) is 4.73. The average molecular weight is 227 g/mol. The summed E-state index contributed by atoms with van der Waals surface area (Å²) in [5, 5.41) is 18.2. The quantitative estimate of drug-likeness (QED) is 0.577. The Morgan fingerprint density at radius 2 is 2.12 bits per heavy atom. The number of hydrogen-bond acceptors (Lipinski definition) is 5. The standard InChI is InChI=1S/C10H13NO5/c1-8-4-2-3-5-10(8)15-6-9(12)7-16-11(13)14/h2-5,9,12H,6-7H2,1H3/t9-/m0/s1. The van der Waals surface area contributed by atoms with Crippen LogP contribution in [-0.2, 0) is 4.84 Å². The molecule has 0 aliphatic rings. The molecular weight excluding hydrogens is 214 g/mol. The normalized spacial score (nSPS) is 11.9. The molecule has 1 N–H and O–H groups in total. The lowest BCUT2D eigenvalue weighted by Gasteiger charge is -2.12. The number of para-hydroxylation sites is 1. The minimum atomic E-state index is -1.02. The highest BCUT2D eigenvalue weighted by atomic mass is 17.0. The Hall–Kier alpha value is -1.82. The van der Waals surface area contributed by atoms with E-state index in [1.807, 2.05) is 25.1 Å². The third-order valence-electron chi connectivity index (χ3n) is 1.90. The van der Waals surface area contributed by atoms with E-state index in [9.17, 15) is 15.2 Å². The Morgan fingerprint density at radius 1 is 1.44 bits per heavy atom. The van der Waals surface area contributed by atoms with Gasteiger partial charge in [0.2, 0.25) is 0 Å². The van der Waals surface area contributed by atoms with Crippen LogP contribution in [0.15, 0.2) is 24.3 Å². The molecule has 1 atom stereocenters. The predicted octanol–water partition coefficient (Wildman–Crippen LogP) is 0.943. The van der Waals surface area contributed by atoms with Crippen LogP contribution in [0.25, 0.3) is 0 Å². The van der Waals surface area contributed by atoms with Crippen molar-refractivity contribution in [1.82, 2.24) is 0 Å². The lowest BCUT2D eigenvalue weighted by Crippen LogP contribution is -2.25. The fourth-order valence-electron chi connectivity index (χ4n) is 1.10. The van der Waals surface area contributed by atoms with Crippen LogP contribution >= 0.6 is 0 Å². The molecule has 6 nitrogen and oxygen atoms in total. The van der Waals surface area contributed by atoms with Crippen molar-refractivity contribution in [3.8, 4) is 5.75 Å². The Kier molecular flexibility index (Phi) is 4.53. The van der Waals surface area contributed by atoms with Gasteiger partial charge in [-0.25, -0.2) is 0 Å². The van der Waals surface area contributed by atoms with Crippen molar-refractivity contribution in [2.45, 2.75) is 13.0 Å². The SMILES string of the molecule is Cc1ccccc1OC[C@H](O)CO[N+](=O)[O-]. The smallest absolute Gasteiger partial charge is 0.294 e. The molecule has 0 aliphatic carbocycles. The zero-order valence-electron chi connectivity index (χ0n) is 8.83. The minimum Gasteiger partial charge on any atom is -0.491 e. The molecule has 0 unspecified atom stereocenters. The van der Waals surface area contributed by atoms with Crippen LogP contribution in [0, 0.1) is 17.0 Å². The maximum absolute atomic E-state index is 9.86. The third kappa shape index (κ3) is 4.14. The van der Waals surface area contributed by atoms with Gasteiger partial charge in [-0.1, -0.05) is 18.2 Å². The molecule has 0 bridgehead atoms. The van der Waals surface area contributed by atoms with Gasteiger partial charge >= 0.3 is 0 Å². The van der Waals surface area contributed by atoms with Crippen LogP contribution in [0.3, 0.4) is 0 Å². The second-order valence-electron chi connectivity index (χ2n) is 3.25. The van der Waals surface area contributed by atoms with Gasteiger partial charge in [-0.3, -0.25) is 0 Å². The number of aryl methyl sites for hydroxylation is 1. The van der Waals surface area contributed by atoms with Crippen molar-refractivity contribution < 1.29 is 19.8 Å². The first kappa shape index (κ1) is 12.3. The molecule has 0 heterocycles. The molecule has 0 radical (unpaired) electrons. The number of aliphatic hydroxyl groups is 1. The van der Waals surface area contributed by atoms with E-state index in [4.69, 9.17) is 4.74 Å². The summed E-state index contributed by atoms with van der Waals surface area (Å²) in [5.74, 6) is 0.641. The van der Waals surface area contributed by atoms with Gasteiger partial charge in [0.05, 0.1) is 0 Å². The Morgan fingerprint density at radius 3 is 2.75 bits per heavy atom. The lowest BCUT2D eigenvalue weighted by molar-refractivity contribution is -0.759. The molecule has 0 spiro atoms. The van der Waals surface area contributed by atoms with Gasteiger partial charge in [-0.15, -0.1) is 10.1 Å². The molecule has 0 fully saturated rings. The van der Waals surface area contributed by atoms with Gasteiger partial charge in [-0.05, 0) is 18.6 Å². The molecule has 88 valence electrons. The average Bonchev–Trinajstić information content (AvgIpc) is 2.25. The van der Waals surface area contributed by atoms with E-state index in [0.29, 0.717) is 5.75 Å². The zero-order chi connectivity index (χ0) is 12.0. The van der Waals surface area contributed by atoms with Gasteiger partial charge in [0.15, 0.2) is 0 Å². The summed E-state index contributed by atoms with van der Waals surface area (Å²) < 4.78 is 5.28. The Balaban J connectivity index is 2.34. The maximum Gasteiger partial charge on any atom is 0.294 e. The Labute approximate surface area is 92.5 Å². The van der Waals surface area contributed by atoms with E-state index in [-0.39, 0.29) is 13.2 Å². The molecule has 6 heteroatoms. The first-order chi connectivity index (χ1) is 7.59. The van der Waals surface area contributed by atoms with Gasteiger partial charge in [0.25, 0.3) is 5.09 Å². The van der Waals surface area contributed by atoms with E-state index in [0.717, 1.165) is 5.56 Å². The van der Waals surface area contributed by atoms with E-state index in [1.54, 1.807) is 6.07 Å². The number of nitrogens with zero attached hydrogens (tertiary/aromatic N) is 1. The monoisotopic (exact) mass is 227 g/mol. The molecular formula is C10H13NO5. The van der Waals surface area contributed by atoms with Crippen molar-refractivity contribution in [1.29, 1.82) is 0 Å². The van der Waals surface area contributed by atoms with Crippen LogP contribution in [0.2, 0.25) is 0 Å². The number of hydrogen-bond donors (Lipinski definition) is 1. The summed E-state index contributed by atoms with van der Waals surface area (Å²) in [7, 11) is 0. The molecule has 1 aromatic rings. The zero-order valence-corrected chi connectivity index (χ0v) is 8.83. The van der Waals surface area contributed by atoms with E-state index >= 15 is 0 Å². The fraction of sp³-hybridized carbons (Fsp3) is 0.400. The van der Waals surface area contributed by atoms with Gasteiger partial charge in [-0.2, -0.15) is 0 Å². The van der Waals surface area contributed by atoms with Crippen LogP contribution < -0.4 is 4.74 Å².